The first-order chi connectivity index (χ1) is 6.31. The Labute approximate surface area is 80.0 Å². The summed E-state index contributed by atoms with van der Waals surface area (Å²) in [6.07, 6.45) is 8.38. The molecule has 0 radical (unpaired) electrons. The van der Waals surface area contributed by atoms with Crippen molar-refractivity contribution in [3.05, 3.63) is 17.7 Å². The van der Waals surface area contributed by atoms with E-state index >= 15 is 0 Å². The smallest absolute Gasteiger partial charge is 0.109 e. The molecule has 1 aliphatic heterocycles. The van der Waals surface area contributed by atoms with E-state index in [4.69, 9.17) is 0 Å². The van der Waals surface area contributed by atoms with Gasteiger partial charge in [0.25, 0.3) is 0 Å². The number of hydrogen-bond acceptors (Lipinski definition) is 1. The van der Waals surface area contributed by atoms with Crippen LogP contribution in [0.2, 0.25) is 0 Å². The maximum absolute atomic E-state index is 4.65. The van der Waals surface area contributed by atoms with Gasteiger partial charge in [0, 0.05) is 18.7 Å². The third-order valence-corrected chi connectivity index (χ3v) is 2.86. The van der Waals surface area contributed by atoms with E-state index in [1.807, 2.05) is 0 Å². The van der Waals surface area contributed by atoms with Gasteiger partial charge in [-0.3, -0.25) is 0 Å². The van der Waals surface area contributed by atoms with Gasteiger partial charge in [-0.2, -0.15) is 0 Å². The van der Waals surface area contributed by atoms with Crippen molar-refractivity contribution in [3.8, 4) is 0 Å². The fraction of sp³-hybridized carbons (Fsp3) is 0.727. The predicted octanol–water partition coefficient (Wildman–Crippen LogP) is 2.73. The summed E-state index contributed by atoms with van der Waals surface area (Å²) >= 11 is 0. The van der Waals surface area contributed by atoms with E-state index in [-0.39, 0.29) is 0 Å². The highest BCUT2D eigenvalue weighted by Crippen LogP contribution is 2.24. The Balaban J connectivity index is 2.25. The highest BCUT2D eigenvalue weighted by molar-refractivity contribution is 5.07. The average molecular weight is 178 g/mol. The number of nitrogens with zero attached hydrogens (tertiary/aromatic N) is 2. The third kappa shape index (κ3) is 1.62. The summed E-state index contributed by atoms with van der Waals surface area (Å²) in [6, 6.07) is 0.668. The minimum atomic E-state index is 0.668. The van der Waals surface area contributed by atoms with Crippen LogP contribution < -0.4 is 0 Å². The fourth-order valence-electron chi connectivity index (χ4n) is 2.13. The molecule has 0 N–H and O–H groups in total. The Kier molecular flexibility index (Phi) is 2.38. The molecule has 72 valence electrons. The summed E-state index contributed by atoms with van der Waals surface area (Å²) in [7, 11) is 0. The summed E-state index contributed by atoms with van der Waals surface area (Å²) in [6.45, 7) is 4.50. The van der Waals surface area contributed by atoms with Gasteiger partial charge in [-0.1, -0.05) is 13.3 Å². The topological polar surface area (TPSA) is 17.8 Å². The zero-order chi connectivity index (χ0) is 9.26. The summed E-state index contributed by atoms with van der Waals surface area (Å²) in [4.78, 5) is 4.65. The van der Waals surface area contributed by atoms with E-state index in [9.17, 15) is 0 Å². The number of rotatable bonds is 2. The SMILES string of the molecule is CCCc1cn2c(n1)CCCC2C. The molecule has 2 rings (SSSR count). The van der Waals surface area contributed by atoms with E-state index in [0.29, 0.717) is 6.04 Å². The molecule has 0 aromatic carbocycles. The second-order valence-electron chi connectivity index (χ2n) is 4.05. The molecule has 1 aromatic heterocycles. The van der Waals surface area contributed by atoms with Crippen LogP contribution in [0.5, 0.6) is 0 Å². The summed E-state index contributed by atoms with van der Waals surface area (Å²) in [5, 5.41) is 0. The molecule has 2 nitrogen and oxygen atoms in total. The van der Waals surface area contributed by atoms with Crippen LogP contribution in [-0.4, -0.2) is 9.55 Å². The Hall–Kier alpha value is -0.790. The van der Waals surface area contributed by atoms with E-state index in [0.717, 1.165) is 6.42 Å². The van der Waals surface area contributed by atoms with Crippen molar-refractivity contribution < 1.29 is 0 Å². The van der Waals surface area contributed by atoms with Gasteiger partial charge in [-0.05, 0) is 26.2 Å². The Morgan fingerprint density at radius 1 is 1.62 bits per heavy atom. The van der Waals surface area contributed by atoms with E-state index in [1.54, 1.807) is 0 Å². The van der Waals surface area contributed by atoms with Crippen LogP contribution in [0.4, 0.5) is 0 Å². The molecule has 0 saturated heterocycles. The number of aromatic nitrogens is 2. The van der Waals surface area contributed by atoms with Crippen molar-refractivity contribution in [2.75, 3.05) is 0 Å². The molecule has 0 aliphatic carbocycles. The van der Waals surface area contributed by atoms with Crippen molar-refractivity contribution >= 4 is 0 Å². The monoisotopic (exact) mass is 178 g/mol. The normalized spacial score (nSPS) is 21.5. The molecule has 1 unspecified atom stereocenters. The first-order valence-corrected chi connectivity index (χ1v) is 5.38. The van der Waals surface area contributed by atoms with Crippen molar-refractivity contribution in [1.82, 2.24) is 9.55 Å². The first-order valence-electron chi connectivity index (χ1n) is 5.38. The molecule has 0 spiro atoms. The Bertz CT molecular complexity index is 288. The summed E-state index contributed by atoms with van der Waals surface area (Å²) < 4.78 is 2.37. The standard InChI is InChI=1S/C11H18N2/c1-3-5-10-8-13-9(2)6-4-7-11(13)12-10/h8-9H,3-7H2,1-2H3. The largest absolute Gasteiger partial charge is 0.332 e. The lowest BCUT2D eigenvalue weighted by atomic mass is 10.1. The van der Waals surface area contributed by atoms with Crippen molar-refractivity contribution in [1.29, 1.82) is 0 Å². The minimum Gasteiger partial charge on any atom is -0.332 e. The minimum absolute atomic E-state index is 0.668. The van der Waals surface area contributed by atoms with Gasteiger partial charge in [0.05, 0.1) is 5.69 Å². The zero-order valence-corrected chi connectivity index (χ0v) is 8.58. The van der Waals surface area contributed by atoms with Crippen LogP contribution in [0, 0.1) is 0 Å². The Morgan fingerprint density at radius 3 is 3.15 bits per heavy atom. The zero-order valence-electron chi connectivity index (χ0n) is 8.58. The molecule has 0 bridgehead atoms. The fourth-order valence-corrected chi connectivity index (χ4v) is 2.13. The van der Waals surface area contributed by atoms with Gasteiger partial charge < -0.3 is 4.57 Å². The van der Waals surface area contributed by atoms with Gasteiger partial charge in [0.2, 0.25) is 0 Å². The summed E-state index contributed by atoms with van der Waals surface area (Å²) in [5.41, 5.74) is 1.28. The molecule has 0 fully saturated rings. The second kappa shape index (κ2) is 3.52. The average Bonchev–Trinajstić information content (AvgIpc) is 2.49. The Morgan fingerprint density at radius 2 is 2.46 bits per heavy atom. The van der Waals surface area contributed by atoms with Crippen LogP contribution in [-0.2, 0) is 12.8 Å². The number of imidazole rings is 1. The van der Waals surface area contributed by atoms with Crippen molar-refractivity contribution in [2.24, 2.45) is 0 Å². The molecule has 1 aliphatic rings. The summed E-state index contributed by atoms with van der Waals surface area (Å²) in [5.74, 6) is 1.31. The lowest BCUT2D eigenvalue weighted by Gasteiger charge is -2.20. The molecule has 1 aromatic rings. The molecular formula is C11H18N2. The van der Waals surface area contributed by atoms with E-state index in [2.05, 4.69) is 29.6 Å². The molecule has 2 heteroatoms. The lowest BCUT2D eigenvalue weighted by Crippen LogP contribution is -2.14. The van der Waals surface area contributed by atoms with Crippen LogP contribution in [0.1, 0.15) is 50.7 Å². The van der Waals surface area contributed by atoms with Gasteiger partial charge in [0.15, 0.2) is 0 Å². The van der Waals surface area contributed by atoms with Gasteiger partial charge >= 0.3 is 0 Å². The maximum Gasteiger partial charge on any atom is 0.109 e. The van der Waals surface area contributed by atoms with Crippen LogP contribution in [0.25, 0.3) is 0 Å². The van der Waals surface area contributed by atoms with Gasteiger partial charge in [-0.25, -0.2) is 4.98 Å². The highest BCUT2D eigenvalue weighted by Gasteiger charge is 2.17. The third-order valence-electron chi connectivity index (χ3n) is 2.86. The predicted molar refractivity (Wildman–Crippen MR) is 53.9 cm³/mol. The van der Waals surface area contributed by atoms with Gasteiger partial charge in [0.1, 0.15) is 5.82 Å². The maximum atomic E-state index is 4.65. The van der Waals surface area contributed by atoms with Crippen LogP contribution in [0.3, 0.4) is 0 Å². The quantitative estimate of drug-likeness (QED) is 0.681. The number of fused-ring (bicyclic) bond motifs is 1. The molecular weight excluding hydrogens is 160 g/mol. The molecule has 2 heterocycles. The molecule has 0 saturated carbocycles. The lowest BCUT2D eigenvalue weighted by molar-refractivity contribution is 0.425. The van der Waals surface area contributed by atoms with E-state index in [1.165, 1.54) is 37.2 Å². The van der Waals surface area contributed by atoms with Crippen LogP contribution >= 0.6 is 0 Å². The molecule has 13 heavy (non-hydrogen) atoms. The van der Waals surface area contributed by atoms with E-state index < -0.39 is 0 Å². The first kappa shape index (κ1) is 8.79. The molecule has 0 amide bonds. The number of hydrogen-bond donors (Lipinski definition) is 0. The van der Waals surface area contributed by atoms with Crippen molar-refractivity contribution in [2.45, 2.75) is 52.0 Å². The number of aryl methyl sites for hydroxylation is 2. The highest BCUT2D eigenvalue weighted by atomic mass is 15.1. The van der Waals surface area contributed by atoms with Crippen LogP contribution in [0.15, 0.2) is 6.20 Å². The van der Waals surface area contributed by atoms with Gasteiger partial charge in [-0.15, -0.1) is 0 Å². The molecule has 1 atom stereocenters. The van der Waals surface area contributed by atoms with Crippen molar-refractivity contribution in [3.63, 3.8) is 0 Å². The second-order valence-corrected chi connectivity index (χ2v) is 4.05.